The van der Waals surface area contributed by atoms with Gasteiger partial charge >= 0.3 is 0 Å². The number of aryl methyl sites for hydroxylation is 1. The average molecular weight is 452 g/mol. The number of carbonyl (C=O) groups excluding carboxylic acids is 1. The first-order chi connectivity index (χ1) is 15.4. The van der Waals surface area contributed by atoms with Crippen molar-refractivity contribution in [1.29, 1.82) is 0 Å². The van der Waals surface area contributed by atoms with Gasteiger partial charge in [0.05, 0.1) is 29.1 Å². The molecule has 5 rings (SSSR count). The fraction of sp³-hybridized carbons (Fsp3) is 0.348. The standard InChI is InChI=1S/C23H25N5O3S/c1-18-15-21-27(17-19-7-11-24-12-8-19)22(29)16-23(28(21)25-18)9-13-26(14-10-23)32(30,31)20-5-3-2-4-6-20/h2-8,11-12,15H,9-10,13-14,16-17H2,1H3. The molecule has 8 nitrogen and oxygen atoms in total. The smallest absolute Gasteiger partial charge is 0.243 e. The number of rotatable bonds is 4. The van der Waals surface area contributed by atoms with Gasteiger partial charge in [-0.05, 0) is 49.6 Å². The van der Waals surface area contributed by atoms with Crippen molar-refractivity contribution in [3.05, 3.63) is 72.2 Å². The van der Waals surface area contributed by atoms with Gasteiger partial charge in [0.15, 0.2) is 0 Å². The molecule has 32 heavy (non-hydrogen) atoms. The third-order valence-electron chi connectivity index (χ3n) is 6.44. The third kappa shape index (κ3) is 3.51. The van der Waals surface area contributed by atoms with Crippen LogP contribution in [0.25, 0.3) is 0 Å². The number of anilines is 1. The predicted molar refractivity (Wildman–Crippen MR) is 119 cm³/mol. The van der Waals surface area contributed by atoms with Crippen molar-refractivity contribution in [2.45, 2.75) is 43.2 Å². The van der Waals surface area contributed by atoms with Crippen LogP contribution >= 0.6 is 0 Å². The lowest BCUT2D eigenvalue weighted by Gasteiger charge is -2.46. The van der Waals surface area contributed by atoms with Gasteiger partial charge in [0.2, 0.25) is 15.9 Å². The summed E-state index contributed by atoms with van der Waals surface area (Å²) < 4.78 is 29.6. The number of fused-ring (bicyclic) bond motifs is 2. The van der Waals surface area contributed by atoms with Crippen molar-refractivity contribution < 1.29 is 13.2 Å². The van der Waals surface area contributed by atoms with Crippen LogP contribution in [-0.2, 0) is 26.9 Å². The maximum atomic E-state index is 13.3. The molecule has 0 atom stereocenters. The third-order valence-corrected chi connectivity index (χ3v) is 8.36. The number of carbonyl (C=O) groups is 1. The van der Waals surface area contributed by atoms with Crippen LogP contribution in [0, 0.1) is 6.92 Å². The largest absolute Gasteiger partial charge is 0.292 e. The van der Waals surface area contributed by atoms with Crippen molar-refractivity contribution in [3.8, 4) is 0 Å². The van der Waals surface area contributed by atoms with Gasteiger partial charge in [-0.1, -0.05) is 18.2 Å². The summed E-state index contributed by atoms with van der Waals surface area (Å²) in [6.45, 7) is 3.08. The summed E-state index contributed by atoms with van der Waals surface area (Å²) in [5.74, 6) is 0.809. The SMILES string of the molecule is Cc1cc2n(n1)C1(CCN(S(=O)(=O)c3ccccc3)CC1)CC(=O)N2Cc1ccncc1. The number of pyridine rings is 1. The second-order valence-corrected chi connectivity index (χ2v) is 10.4. The molecule has 0 unspecified atom stereocenters. The number of nitrogens with zero attached hydrogens (tertiary/aromatic N) is 5. The Morgan fingerprint density at radius 2 is 1.72 bits per heavy atom. The molecule has 1 fully saturated rings. The van der Waals surface area contributed by atoms with Crippen molar-refractivity contribution in [2.75, 3.05) is 18.0 Å². The fourth-order valence-electron chi connectivity index (χ4n) is 4.72. The van der Waals surface area contributed by atoms with Crippen LogP contribution in [0.4, 0.5) is 5.82 Å². The van der Waals surface area contributed by atoms with E-state index in [9.17, 15) is 13.2 Å². The minimum Gasteiger partial charge on any atom is -0.292 e. The Bertz CT molecular complexity index is 1230. The monoisotopic (exact) mass is 451 g/mol. The number of piperidine rings is 1. The number of aromatic nitrogens is 3. The lowest BCUT2D eigenvalue weighted by Crippen LogP contribution is -2.54. The summed E-state index contributed by atoms with van der Waals surface area (Å²) in [6.07, 6.45) is 4.84. The highest BCUT2D eigenvalue weighted by atomic mass is 32.2. The lowest BCUT2D eigenvalue weighted by molar-refractivity contribution is -0.122. The molecule has 3 aromatic rings. The Hall–Kier alpha value is -3.04. The molecule has 0 radical (unpaired) electrons. The molecule has 0 bridgehead atoms. The number of sulfonamides is 1. The van der Waals surface area contributed by atoms with Gasteiger partial charge in [-0.25, -0.2) is 13.1 Å². The highest BCUT2D eigenvalue weighted by Gasteiger charge is 2.47. The molecular weight excluding hydrogens is 426 g/mol. The van der Waals surface area contributed by atoms with E-state index < -0.39 is 15.6 Å². The van der Waals surface area contributed by atoms with Gasteiger partial charge in [-0.3, -0.25) is 14.7 Å². The van der Waals surface area contributed by atoms with Crippen LogP contribution in [0.1, 0.15) is 30.5 Å². The number of amides is 1. The second kappa shape index (κ2) is 7.83. The molecule has 0 saturated carbocycles. The van der Waals surface area contributed by atoms with E-state index in [2.05, 4.69) is 4.98 Å². The van der Waals surface area contributed by atoms with E-state index in [-0.39, 0.29) is 5.91 Å². The zero-order chi connectivity index (χ0) is 22.3. The Morgan fingerprint density at radius 3 is 2.41 bits per heavy atom. The quantitative estimate of drug-likeness (QED) is 0.609. The van der Waals surface area contributed by atoms with E-state index in [0.717, 1.165) is 17.1 Å². The highest BCUT2D eigenvalue weighted by molar-refractivity contribution is 7.89. The molecule has 0 aliphatic carbocycles. The van der Waals surface area contributed by atoms with E-state index in [1.165, 1.54) is 4.31 Å². The predicted octanol–water partition coefficient (Wildman–Crippen LogP) is 2.70. The van der Waals surface area contributed by atoms with Crippen LogP contribution in [0.2, 0.25) is 0 Å². The van der Waals surface area contributed by atoms with Gasteiger partial charge in [0.25, 0.3) is 0 Å². The van der Waals surface area contributed by atoms with Gasteiger partial charge < -0.3 is 0 Å². The molecule has 0 N–H and O–H groups in total. The average Bonchev–Trinajstić information content (AvgIpc) is 3.21. The summed E-state index contributed by atoms with van der Waals surface area (Å²) in [5.41, 5.74) is 1.34. The molecule has 9 heteroatoms. The molecule has 1 spiro atoms. The second-order valence-electron chi connectivity index (χ2n) is 8.51. The van der Waals surface area contributed by atoms with Crippen molar-refractivity contribution in [2.24, 2.45) is 0 Å². The van der Waals surface area contributed by atoms with Crippen LogP contribution in [0.5, 0.6) is 0 Å². The van der Waals surface area contributed by atoms with Crippen LogP contribution in [-0.4, -0.2) is 46.5 Å². The van der Waals surface area contributed by atoms with Gasteiger partial charge in [-0.15, -0.1) is 0 Å². The maximum Gasteiger partial charge on any atom is 0.243 e. The molecule has 1 saturated heterocycles. The number of hydrogen-bond acceptors (Lipinski definition) is 5. The summed E-state index contributed by atoms with van der Waals surface area (Å²) in [6, 6.07) is 14.2. The molecule has 4 heterocycles. The topological polar surface area (TPSA) is 88.4 Å². The van der Waals surface area contributed by atoms with Crippen molar-refractivity contribution >= 4 is 21.7 Å². The van der Waals surface area contributed by atoms with Gasteiger partial charge in [0.1, 0.15) is 5.82 Å². The lowest BCUT2D eigenvalue weighted by atomic mass is 9.83. The van der Waals surface area contributed by atoms with E-state index in [0.29, 0.717) is 43.8 Å². The molecule has 166 valence electrons. The van der Waals surface area contributed by atoms with E-state index >= 15 is 0 Å². The zero-order valence-electron chi connectivity index (χ0n) is 17.9. The van der Waals surface area contributed by atoms with E-state index in [4.69, 9.17) is 5.10 Å². The highest BCUT2D eigenvalue weighted by Crippen LogP contribution is 2.42. The minimum absolute atomic E-state index is 0.0357. The Morgan fingerprint density at radius 1 is 1.03 bits per heavy atom. The molecule has 2 aromatic heterocycles. The zero-order valence-corrected chi connectivity index (χ0v) is 18.7. The molecule has 1 aromatic carbocycles. The first kappa shape index (κ1) is 20.8. The summed E-state index contributed by atoms with van der Waals surface area (Å²) in [5, 5.41) is 4.74. The van der Waals surface area contributed by atoms with Gasteiger partial charge in [0, 0.05) is 31.5 Å². The van der Waals surface area contributed by atoms with E-state index in [1.54, 1.807) is 47.6 Å². The van der Waals surface area contributed by atoms with Gasteiger partial charge in [-0.2, -0.15) is 9.40 Å². The summed E-state index contributed by atoms with van der Waals surface area (Å²) in [4.78, 5) is 19.4. The van der Waals surface area contributed by atoms with Crippen molar-refractivity contribution in [3.63, 3.8) is 0 Å². The molecule has 1 amide bonds. The van der Waals surface area contributed by atoms with Crippen LogP contribution < -0.4 is 4.90 Å². The summed E-state index contributed by atoms with van der Waals surface area (Å²) in [7, 11) is -3.55. The van der Waals surface area contributed by atoms with E-state index in [1.807, 2.05) is 29.8 Å². The normalized spacial score (nSPS) is 18.7. The Kier molecular flexibility index (Phi) is 5.10. The summed E-state index contributed by atoms with van der Waals surface area (Å²) >= 11 is 0. The van der Waals surface area contributed by atoms with Crippen molar-refractivity contribution in [1.82, 2.24) is 19.1 Å². The molecular formula is C23H25N5O3S. The number of hydrogen-bond donors (Lipinski definition) is 0. The minimum atomic E-state index is -3.55. The maximum absolute atomic E-state index is 13.3. The fourth-order valence-corrected chi connectivity index (χ4v) is 6.18. The first-order valence-electron chi connectivity index (χ1n) is 10.7. The van der Waals surface area contributed by atoms with Crippen LogP contribution in [0.3, 0.4) is 0 Å². The molecule has 2 aliphatic rings. The Labute approximate surface area is 187 Å². The van der Waals surface area contributed by atoms with Crippen LogP contribution in [0.15, 0.2) is 65.8 Å². The molecule has 2 aliphatic heterocycles. The first-order valence-corrected chi connectivity index (χ1v) is 12.1. The Balaban J connectivity index is 1.42. The number of benzene rings is 1.